The molecule has 2 heterocycles. The molecule has 4 heteroatoms. The lowest BCUT2D eigenvalue weighted by molar-refractivity contribution is 0.477. The van der Waals surface area contributed by atoms with Gasteiger partial charge in [0, 0.05) is 17.3 Å². The van der Waals surface area contributed by atoms with Gasteiger partial charge in [-0.1, -0.05) is 117 Å². The van der Waals surface area contributed by atoms with Crippen LogP contribution < -0.4 is 0 Å². The topological polar surface area (TPSA) is 46.0 Å². The van der Waals surface area contributed by atoms with Gasteiger partial charge in [0.15, 0.2) is 0 Å². The minimum absolute atomic E-state index is 0.0136. The molecule has 0 atom stereocenters. The van der Waals surface area contributed by atoms with E-state index in [4.69, 9.17) is 9.97 Å². The Morgan fingerprint density at radius 2 is 1.26 bits per heavy atom. The zero-order valence-electron chi connectivity index (χ0n) is 28.5. The van der Waals surface area contributed by atoms with Gasteiger partial charge >= 0.3 is 0 Å². The number of hydrogen-bond donors (Lipinski definition) is 1. The number of pyridine rings is 1. The number of fused-ring (bicyclic) bond motifs is 1. The van der Waals surface area contributed by atoms with Crippen LogP contribution in [0, 0.1) is 0 Å². The van der Waals surface area contributed by atoms with E-state index in [1.165, 1.54) is 22.3 Å². The average Bonchev–Trinajstić information content (AvgIpc) is 3.44. The molecule has 3 nitrogen and oxygen atoms in total. The van der Waals surface area contributed by atoms with Gasteiger partial charge < -0.3 is 5.11 Å². The molecule has 0 aliphatic heterocycles. The molecule has 0 aliphatic rings. The number of phenols is 1. The number of thiazole rings is 1. The number of aromatic hydroxyl groups is 1. The van der Waals surface area contributed by atoms with Crippen molar-refractivity contribution in [1.82, 2.24) is 9.97 Å². The maximum Gasteiger partial charge on any atom is 0.128 e. The fourth-order valence-corrected chi connectivity index (χ4v) is 7.14. The van der Waals surface area contributed by atoms with Gasteiger partial charge in [-0.25, -0.2) is 4.98 Å². The molecule has 0 fully saturated rings. The van der Waals surface area contributed by atoms with Crippen molar-refractivity contribution < 1.29 is 5.11 Å². The number of para-hydroxylation sites is 1. The van der Waals surface area contributed by atoms with Crippen LogP contribution in [-0.2, 0) is 16.2 Å². The average molecular weight is 625 g/mol. The van der Waals surface area contributed by atoms with E-state index in [9.17, 15) is 5.11 Å². The summed E-state index contributed by atoms with van der Waals surface area (Å²) in [5.41, 5.74) is 11.9. The summed E-state index contributed by atoms with van der Waals surface area (Å²) in [7, 11) is 0. The van der Waals surface area contributed by atoms with E-state index >= 15 is 0 Å². The van der Waals surface area contributed by atoms with E-state index < -0.39 is 0 Å². The van der Waals surface area contributed by atoms with Crippen LogP contribution >= 0.6 is 11.3 Å². The molecule has 0 saturated heterocycles. The first-order chi connectivity index (χ1) is 21.6. The summed E-state index contributed by atoms with van der Waals surface area (Å²) in [5.74, 6) is 0.234. The number of hydrogen-bond acceptors (Lipinski definition) is 4. The standard InChI is InChI=1S/C42H44N2OS/c1-40(2,3)28-20-21-43-35(23-28)31-24-30(33(41(4,5)6)25-34(31)42(7,8)9)29-16-13-17-37-38(29)44-39(46-37)32-22-27(18-19-36(32)45)26-14-11-10-12-15-26/h10-25,45H,1-9H3. The Morgan fingerprint density at radius 3 is 1.93 bits per heavy atom. The molecule has 0 unspecified atom stereocenters. The molecule has 6 rings (SSSR count). The van der Waals surface area contributed by atoms with Gasteiger partial charge in [0.05, 0.1) is 21.5 Å². The molecule has 0 aliphatic carbocycles. The lowest BCUT2D eigenvalue weighted by Crippen LogP contribution is -2.19. The molecule has 1 N–H and O–H groups in total. The van der Waals surface area contributed by atoms with Crippen molar-refractivity contribution in [2.45, 2.75) is 78.6 Å². The molecule has 234 valence electrons. The summed E-state index contributed by atoms with van der Waals surface area (Å²) in [4.78, 5) is 10.2. The quantitative estimate of drug-likeness (QED) is 0.212. The van der Waals surface area contributed by atoms with E-state index in [1.807, 2.05) is 36.5 Å². The van der Waals surface area contributed by atoms with Crippen LogP contribution in [0.15, 0.2) is 97.2 Å². The molecule has 2 aromatic heterocycles. The van der Waals surface area contributed by atoms with Gasteiger partial charge in [-0.2, -0.15) is 0 Å². The SMILES string of the molecule is CC(C)(C)c1ccnc(-c2cc(-c3cccc4sc(-c5cc(-c6ccccc6)ccc5O)nc34)c(C(C)(C)C)cc2C(C)(C)C)c1. The number of aromatic nitrogens is 2. The third kappa shape index (κ3) is 6.11. The second kappa shape index (κ2) is 11.5. The second-order valence-electron chi connectivity index (χ2n) is 15.4. The minimum Gasteiger partial charge on any atom is -0.507 e. The van der Waals surface area contributed by atoms with Crippen LogP contribution in [0.25, 0.3) is 54.3 Å². The highest BCUT2D eigenvalue weighted by molar-refractivity contribution is 7.21. The van der Waals surface area contributed by atoms with Crippen molar-refractivity contribution in [3.63, 3.8) is 0 Å². The largest absolute Gasteiger partial charge is 0.507 e. The summed E-state index contributed by atoms with van der Waals surface area (Å²) in [6.45, 7) is 20.5. The molecular weight excluding hydrogens is 581 g/mol. The minimum atomic E-state index is -0.113. The Labute approximate surface area is 278 Å². The predicted octanol–water partition coefficient (Wildman–Crippen LogP) is 12.0. The molecule has 0 saturated carbocycles. The van der Waals surface area contributed by atoms with Crippen molar-refractivity contribution in [3.05, 3.63) is 114 Å². The van der Waals surface area contributed by atoms with Crippen molar-refractivity contribution in [2.75, 3.05) is 0 Å². The Morgan fingerprint density at radius 1 is 0.565 bits per heavy atom. The summed E-state index contributed by atoms with van der Waals surface area (Å²) in [5, 5.41) is 11.8. The fourth-order valence-electron chi connectivity index (χ4n) is 6.12. The first-order valence-corrected chi connectivity index (χ1v) is 16.9. The van der Waals surface area contributed by atoms with E-state index in [0.717, 1.165) is 48.7 Å². The van der Waals surface area contributed by atoms with Gasteiger partial charge in [0.2, 0.25) is 0 Å². The van der Waals surface area contributed by atoms with Crippen molar-refractivity contribution in [3.8, 4) is 49.8 Å². The van der Waals surface area contributed by atoms with Crippen LogP contribution in [0.3, 0.4) is 0 Å². The van der Waals surface area contributed by atoms with Crippen LogP contribution in [0.2, 0.25) is 0 Å². The first kappa shape index (κ1) is 31.7. The van der Waals surface area contributed by atoms with E-state index in [2.05, 4.69) is 117 Å². The lowest BCUT2D eigenvalue weighted by atomic mass is 9.74. The maximum absolute atomic E-state index is 11.0. The van der Waals surface area contributed by atoms with Crippen LogP contribution in [0.5, 0.6) is 5.75 Å². The highest BCUT2D eigenvalue weighted by Crippen LogP contribution is 2.46. The molecule has 0 radical (unpaired) electrons. The Hall–Kier alpha value is -4.28. The van der Waals surface area contributed by atoms with Gasteiger partial charge in [0.25, 0.3) is 0 Å². The summed E-state index contributed by atoms with van der Waals surface area (Å²) in [6.07, 6.45) is 1.95. The van der Waals surface area contributed by atoms with Gasteiger partial charge in [-0.05, 0) is 86.0 Å². The van der Waals surface area contributed by atoms with E-state index in [1.54, 1.807) is 17.4 Å². The lowest BCUT2D eigenvalue weighted by Gasteiger charge is -2.30. The summed E-state index contributed by atoms with van der Waals surface area (Å²) < 4.78 is 1.09. The summed E-state index contributed by atoms with van der Waals surface area (Å²) in [6, 6.07) is 31.7. The molecule has 0 bridgehead atoms. The van der Waals surface area contributed by atoms with Crippen molar-refractivity contribution in [2.24, 2.45) is 0 Å². The third-order valence-electron chi connectivity index (χ3n) is 8.72. The zero-order chi connectivity index (χ0) is 33.0. The predicted molar refractivity (Wildman–Crippen MR) is 197 cm³/mol. The van der Waals surface area contributed by atoms with Crippen LogP contribution in [0.1, 0.15) is 79.0 Å². The number of phenolic OH excluding ortho intramolecular Hbond substituents is 1. The van der Waals surface area contributed by atoms with Gasteiger partial charge in [-0.15, -0.1) is 11.3 Å². The smallest absolute Gasteiger partial charge is 0.128 e. The van der Waals surface area contributed by atoms with Gasteiger partial charge in [0.1, 0.15) is 10.8 Å². The van der Waals surface area contributed by atoms with E-state index in [-0.39, 0.29) is 22.0 Å². The Kier molecular flexibility index (Phi) is 7.93. The number of benzene rings is 4. The zero-order valence-corrected chi connectivity index (χ0v) is 29.3. The number of nitrogens with zero attached hydrogens (tertiary/aromatic N) is 2. The first-order valence-electron chi connectivity index (χ1n) is 16.1. The normalized spacial score (nSPS) is 12.5. The summed E-state index contributed by atoms with van der Waals surface area (Å²) >= 11 is 1.62. The highest BCUT2D eigenvalue weighted by atomic mass is 32.1. The van der Waals surface area contributed by atoms with Crippen molar-refractivity contribution in [1.29, 1.82) is 0 Å². The maximum atomic E-state index is 11.0. The third-order valence-corrected chi connectivity index (χ3v) is 9.77. The van der Waals surface area contributed by atoms with Crippen molar-refractivity contribution >= 4 is 21.6 Å². The Balaban J connectivity index is 1.59. The van der Waals surface area contributed by atoms with Crippen LogP contribution in [0.4, 0.5) is 0 Å². The van der Waals surface area contributed by atoms with E-state index in [0.29, 0.717) is 0 Å². The molecule has 6 aromatic rings. The van der Waals surface area contributed by atoms with Gasteiger partial charge in [-0.3, -0.25) is 4.98 Å². The number of rotatable bonds is 4. The molecule has 4 aromatic carbocycles. The molecular formula is C42H44N2OS. The molecule has 0 amide bonds. The molecule has 46 heavy (non-hydrogen) atoms. The monoisotopic (exact) mass is 624 g/mol. The fraction of sp³-hybridized carbons (Fsp3) is 0.286. The highest BCUT2D eigenvalue weighted by Gasteiger charge is 2.28. The Bertz CT molecular complexity index is 2050. The second-order valence-corrected chi connectivity index (χ2v) is 16.4. The molecule has 0 spiro atoms. The van der Waals surface area contributed by atoms with Crippen LogP contribution in [-0.4, -0.2) is 15.1 Å².